The summed E-state index contributed by atoms with van der Waals surface area (Å²) in [7, 11) is -2.63. The van der Waals surface area contributed by atoms with Gasteiger partial charge in [0.05, 0.1) is 6.54 Å². The molecule has 0 aliphatic heterocycles. The van der Waals surface area contributed by atoms with Crippen molar-refractivity contribution in [3.63, 3.8) is 0 Å². The number of anilines is 2. The number of pyridine rings is 1. The number of aromatic nitrogens is 1. The lowest BCUT2D eigenvalue weighted by Crippen LogP contribution is -2.27. The zero-order valence-corrected chi connectivity index (χ0v) is 14.7. The summed E-state index contributed by atoms with van der Waals surface area (Å²) in [5.74, 6) is -0.665. The topological polar surface area (TPSA) is 71.5 Å². The molecular weight excluding hydrogens is 371 g/mol. The van der Waals surface area contributed by atoms with Gasteiger partial charge in [0, 0.05) is 18.9 Å². The summed E-state index contributed by atoms with van der Waals surface area (Å²) in [5, 5.41) is 0. The summed E-state index contributed by atoms with van der Waals surface area (Å²) in [6, 6.07) is 11.2. The van der Waals surface area contributed by atoms with Crippen LogP contribution >= 0.6 is 0 Å². The Hall–Kier alpha value is -2.49. The van der Waals surface area contributed by atoms with Crippen LogP contribution in [0.4, 0.5) is 24.7 Å². The molecule has 0 atom stereocenters. The molecule has 6 nitrogen and oxygen atoms in total. The van der Waals surface area contributed by atoms with Gasteiger partial charge in [-0.3, -0.25) is 4.72 Å². The first-order valence-electron chi connectivity index (χ1n) is 7.57. The molecule has 0 aliphatic carbocycles. The zero-order valence-electron chi connectivity index (χ0n) is 13.9. The normalized spacial score (nSPS) is 11.8. The molecule has 0 aliphatic rings. The van der Waals surface area contributed by atoms with Crippen LogP contribution in [0.15, 0.2) is 48.7 Å². The Morgan fingerprint density at radius 1 is 1.15 bits per heavy atom. The molecule has 0 amide bonds. The van der Waals surface area contributed by atoms with Gasteiger partial charge in [0.25, 0.3) is 0 Å². The van der Waals surface area contributed by atoms with E-state index in [1.54, 1.807) is 6.20 Å². The molecule has 26 heavy (non-hydrogen) atoms. The van der Waals surface area contributed by atoms with E-state index >= 15 is 0 Å². The Labute approximate surface area is 149 Å². The fourth-order valence-electron chi connectivity index (χ4n) is 2.04. The van der Waals surface area contributed by atoms with Crippen LogP contribution in [-0.4, -0.2) is 45.5 Å². The van der Waals surface area contributed by atoms with Crippen LogP contribution in [0.5, 0.6) is 5.75 Å². The predicted molar refractivity (Wildman–Crippen MR) is 92.9 cm³/mol. The van der Waals surface area contributed by atoms with Gasteiger partial charge in [0.15, 0.2) is 5.75 Å². The highest BCUT2D eigenvalue weighted by Gasteiger charge is 2.35. The highest BCUT2D eigenvalue weighted by molar-refractivity contribution is 7.92. The standard InChI is InChI=1S/C16H18F3N3O3S/c1-22(15-4-2-3-9-20-15)10-11-25-14-7-5-13(6-8-14)21-26(23,24)12-16(17,18)19/h2-9,21H,10-12H2,1H3. The molecule has 0 saturated carbocycles. The molecule has 1 heterocycles. The van der Waals surface area contributed by atoms with Crippen LogP contribution < -0.4 is 14.4 Å². The second-order valence-corrected chi connectivity index (χ2v) is 7.18. The van der Waals surface area contributed by atoms with E-state index in [0.29, 0.717) is 18.9 Å². The zero-order chi connectivity index (χ0) is 19.2. The van der Waals surface area contributed by atoms with Gasteiger partial charge in [0.1, 0.15) is 18.2 Å². The van der Waals surface area contributed by atoms with Gasteiger partial charge in [0.2, 0.25) is 10.0 Å². The van der Waals surface area contributed by atoms with Crippen LogP contribution in [0.2, 0.25) is 0 Å². The quantitative estimate of drug-likeness (QED) is 0.752. The van der Waals surface area contributed by atoms with Crippen LogP contribution in [0.25, 0.3) is 0 Å². The second kappa shape index (κ2) is 8.26. The Morgan fingerprint density at radius 3 is 2.42 bits per heavy atom. The van der Waals surface area contributed by atoms with Crippen molar-refractivity contribution in [1.82, 2.24) is 4.98 Å². The third-order valence-corrected chi connectivity index (χ3v) is 4.47. The van der Waals surface area contributed by atoms with Crippen molar-refractivity contribution in [3.8, 4) is 5.75 Å². The number of halogens is 3. The van der Waals surface area contributed by atoms with Crippen molar-refractivity contribution in [3.05, 3.63) is 48.7 Å². The first-order chi connectivity index (χ1) is 12.1. The lowest BCUT2D eigenvalue weighted by molar-refractivity contribution is -0.106. The molecule has 1 N–H and O–H groups in total. The smallest absolute Gasteiger partial charge is 0.404 e. The summed E-state index contributed by atoms with van der Waals surface area (Å²) < 4.78 is 66.8. The summed E-state index contributed by atoms with van der Waals surface area (Å²) in [5.41, 5.74) is 0.0344. The summed E-state index contributed by atoms with van der Waals surface area (Å²) in [6.45, 7) is 0.920. The van der Waals surface area contributed by atoms with Crippen LogP contribution in [0.3, 0.4) is 0 Å². The van der Waals surface area contributed by atoms with Crippen LogP contribution in [0.1, 0.15) is 0 Å². The van der Waals surface area contributed by atoms with Crippen molar-refractivity contribution in [2.75, 3.05) is 35.6 Å². The van der Waals surface area contributed by atoms with E-state index in [-0.39, 0.29) is 5.69 Å². The van der Waals surface area contributed by atoms with E-state index in [1.807, 2.05) is 34.9 Å². The fourth-order valence-corrected chi connectivity index (χ4v) is 3.04. The maximum Gasteiger partial charge on any atom is 0.404 e. The Bertz CT molecular complexity index is 797. The SMILES string of the molecule is CN(CCOc1ccc(NS(=O)(=O)CC(F)(F)F)cc1)c1ccccn1. The minimum Gasteiger partial charge on any atom is -0.492 e. The minimum atomic E-state index is -4.80. The summed E-state index contributed by atoms with van der Waals surface area (Å²) in [4.78, 5) is 6.10. The third kappa shape index (κ3) is 6.79. The van der Waals surface area contributed by atoms with Gasteiger partial charge in [-0.25, -0.2) is 13.4 Å². The number of sulfonamides is 1. The maximum absolute atomic E-state index is 12.2. The number of hydrogen-bond donors (Lipinski definition) is 1. The lowest BCUT2D eigenvalue weighted by atomic mass is 10.3. The van der Waals surface area contributed by atoms with E-state index < -0.39 is 22.0 Å². The average molecular weight is 389 g/mol. The maximum atomic E-state index is 12.2. The van der Waals surface area contributed by atoms with Gasteiger partial charge >= 0.3 is 6.18 Å². The predicted octanol–water partition coefficient (Wildman–Crippen LogP) is 2.90. The molecule has 142 valence electrons. The Balaban J connectivity index is 1.84. The molecule has 10 heteroatoms. The van der Waals surface area contributed by atoms with Crippen LogP contribution in [-0.2, 0) is 10.0 Å². The fraction of sp³-hybridized carbons (Fsp3) is 0.312. The monoisotopic (exact) mass is 389 g/mol. The number of nitrogens with zero attached hydrogens (tertiary/aromatic N) is 2. The highest BCUT2D eigenvalue weighted by Crippen LogP contribution is 2.21. The minimum absolute atomic E-state index is 0.0344. The highest BCUT2D eigenvalue weighted by atomic mass is 32.2. The number of rotatable bonds is 8. The molecule has 2 aromatic rings. The van der Waals surface area contributed by atoms with Crippen molar-refractivity contribution in [2.24, 2.45) is 0 Å². The molecule has 0 unspecified atom stereocenters. The average Bonchev–Trinajstić information content (AvgIpc) is 2.54. The molecule has 1 aromatic carbocycles. The second-order valence-electron chi connectivity index (χ2n) is 5.46. The van der Waals surface area contributed by atoms with Crippen molar-refractivity contribution in [2.45, 2.75) is 6.18 Å². The van der Waals surface area contributed by atoms with Gasteiger partial charge < -0.3 is 9.64 Å². The largest absolute Gasteiger partial charge is 0.492 e. The molecule has 0 fully saturated rings. The Kier molecular flexibility index (Phi) is 6.30. The number of likely N-dealkylation sites (N-methyl/N-ethyl adjacent to an activating group) is 1. The van der Waals surface area contributed by atoms with Crippen molar-refractivity contribution < 1.29 is 26.3 Å². The van der Waals surface area contributed by atoms with Crippen molar-refractivity contribution >= 4 is 21.5 Å². The van der Waals surface area contributed by atoms with Gasteiger partial charge in [-0.2, -0.15) is 13.2 Å². The van der Waals surface area contributed by atoms with Crippen molar-refractivity contribution in [1.29, 1.82) is 0 Å². The number of alkyl halides is 3. The molecule has 0 saturated heterocycles. The molecule has 2 rings (SSSR count). The molecule has 0 radical (unpaired) electrons. The molecule has 0 spiro atoms. The van der Waals surface area contributed by atoms with E-state index in [0.717, 1.165) is 5.82 Å². The van der Waals surface area contributed by atoms with E-state index in [1.165, 1.54) is 24.3 Å². The first kappa shape index (κ1) is 19.8. The first-order valence-corrected chi connectivity index (χ1v) is 9.22. The third-order valence-electron chi connectivity index (χ3n) is 3.22. The number of hydrogen-bond acceptors (Lipinski definition) is 5. The van der Waals surface area contributed by atoms with Gasteiger partial charge in [-0.1, -0.05) is 6.07 Å². The molecule has 0 bridgehead atoms. The lowest BCUT2D eigenvalue weighted by Gasteiger charge is -2.18. The van der Waals surface area contributed by atoms with Gasteiger partial charge in [-0.15, -0.1) is 0 Å². The molecule has 1 aromatic heterocycles. The number of ether oxygens (including phenoxy) is 1. The number of nitrogens with one attached hydrogen (secondary N) is 1. The molecular formula is C16H18F3N3O3S. The Morgan fingerprint density at radius 2 is 1.85 bits per heavy atom. The summed E-state index contributed by atoms with van der Waals surface area (Å²) in [6.07, 6.45) is -3.11. The van der Waals surface area contributed by atoms with E-state index in [4.69, 9.17) is 4.74 Å². The van der Waals surface area contributed by atoms with Gasteiger partial charge in [-0.05, 0) is 36.4 Å². The van der Waals surface area contributed by atoms with E-state index in [9.17, 15) is 21.6 Å². The van der Waals surface area contributed by atoms with E-state index in [2.05, 4.69) is 4.98 Å². The number of benzene rings is 1. The van der Waals surface area contributed by atoms with Crippen LogP contribution in [0, 0.1) is 0 Å². The summed E-state index contributed by atoms with van der Waals surface area (Å²) >= 11 is 0.